The molecule has 1 aromatic heterocycles. The Morgan fingerprint density at radius 1 is 1.44 bits per heavy atom. The first kappa shape index (κ1) is 11.3. The van der Waals surface area contributed by atoms with Gasteiger partial charge in [-0.15, -0.1) is 0 Å². The fraction of sp³-hybridized carbons (Fsp3) is 0.636. The fourth-order valence-electron chi connectivity index (χ4n) is 2.04. The van der Waals surface area contributed by atoms with Crippen molar-refractivity contribution in [2.45, 2.75) is 31.4 Å². The summed E-state index contributed by atoms with van der Waals surface area (Å²) >= 11 is 0. The van der Waals surface area contributed by atoms with Gasteiger partial charge in [0.15, 0.2) is 0 Å². The Kier molecular flexibility index (Phi) is 3.69. The average Bonchev–Trinajstić information content (AvgIpc) is 2.39. The van der Waals surface area contributed by atoms with E-state index in [2.05, 4.69) is 15.3 Å². The Labute approximate surface area is 94.9 Å². The van der Waals surface area contributed by atoms with E-state index in [-0.39, 0.29) is 6.04 Å². The van der Waals surface area contributed by atoms with Gasteiger partial charge in [-0.25, -0.2) is 4.98 Å². The topological polar surface area (TPSA) is 67.3 Å². The number of aromatic nitrogens is 2. The van der Waals surface area contributed by atoms with Gasteiger partial charge in [0, 0.05) is 18.4 Å². The number of ether oxygens (including phenoxy) is 1. The van der Waals surface area contributed by atoms with E-state index >= 15 is 0 Å². The van der Waals surface area contributed by atoms with Crippen molar-refractivity contribution in [2.75, 3.05) is 13.7 Å². The first-order valence-corrected chi connectivity index (χ1v) is 5.59. The molecule has 1 fully saturated rings. The lowest BCUT2D eigenvalue weighted by atomic mass is 9.98. The molecule has 0 spiro atoms. The molecule has 0 amide bonds. The van der Waals surface area contributed by atoms with Crippen LogP contribution in [0.2, 0.25) is 0 Å². The van der Waals surface area contributed by atoms with Gasteiger partial charge in [0.1, 0.15) is 11.8 Å². The second-order valence-corrected chi connectivity index (χ2v) is 3.95. The molecule has 0 aromatic carbocycles. The van der Waals surface area contributed by atoms with Crippen LogP contribution < -0.4 is 10.1 Å². The zero-order chi connectivity index (χ0) is 11.4. The van der Waals surface area contributed by atoms with Gasteiger partial charge in [0.2, 0.25) is 5.88 Å². The Balaban J connectivity index is 2.15. The molecule has 5 heteroatoms. The number of piperidine rings is 1. The number of methoxy groups -OCH3 is 1. The predicted octanol–water partition coefficient (Wildman–Crippen LogP) is 0.661. The van der Waals surface area contributed by atoms with Crippen LogP contribution in [0.4, 0.5) is 0 Å². The Morgan fingerprint density at radius 2 is 2.25 bits per heavy atom. The average molecular weight is 223 g/mol. The van der Waals surface area contributed by atoms with E-state index < -0.39 is 6.10 Å². The number of aliphatic hydroxyl groups excluding tert-OH is 1. The lowest BCUT2D eigenvalue weighted by Gasteiger charge is -2.27. The summed E-state index contributed by atoms with van der Waals surface area (Å²) in [4.78, 5) is 8.19. The second-order valence-electron chi connectivity index (χ2n) is 3.95. The molecule has 2 rings (SSSR count). The van der Waals surface area contributed by atoms with Crippen molar-refractivity contribution < 1.29 is 9.84 Å². The molecule has 0 radical (unpaired) electrons. The summed E-state index contributed by atoms with van der Waals surface area (Å²) in [5, 5.41) is 13.5. The normalized spacial score (nSPS) is 22.8. The fourth-order valence-corrected chi connectivity index (χ4v) is 2.04. The third kappa shape index (κ3) is 2.31. The minimum atomic E-state index is -0.649. The SMILES string of the molecule is COc1nccnc1C(O)C1CCCCN1. The van der Waals surface area contributed by atoms with E-state index in [0.29, 0.717) is 11.6 Å². The molecule has 1 aliphatic rings. The van der Waals surface area contributed by atoms with E-state index in [4.69, 9.17) is 4.74 Å². The molecule has 1 saturated heterocycles. The van der Waals surface area contributed by atoms with Crippen LogP contribution in [0.3, 0.4) is 0 Å². The highest BCUT2D eigenvalue weighted by molar-refractivity contribution is 5.21. The van der Waals surface area contributed by atoms with Gasteiger partial charge < -0.3 is 15.2 Å². The van der Waals surface area contributed by atoms with Crippen molar-refractivity contribution in [3.05, 3.63) is 18.1 Å². The minimum Gasteiger partial charge on any atom is -0.480 e. The summed E-state index contributed by atoms with van der Waals surface area (Å²) in [5.41, 5.74) is 0.518. The molecule has 88 valence electrons. The van der Waals surface area contributed by atoms with Crippen molar-refractivity contribution in [3.8, 4) is 5.88 Å². The number of hydrogen-bond acceptors (Lipinski definition) is 5. The van der Waals surface area contributed by atoms with E-state index in [0.717, 1.165) is 19.4 Å². The number of aliphatic hydroxyl groups is 1. The van der Waals surface area contributed by atoms with Crippen LogP contribution in [-0.2, 0) is 0 Å². The number of hydrogen-bond donors (Lipinski definition) is 2. The monoisotopic (exact) mass is 223 g/mol. The van der Waals surface area contributed by atoms with Crippen molar-refractivity contribution in [1.29, 1.82) is 0 Å². The van der Waals surface area contributed by atoms with Gasteiger partial charge in [0.25, 0.3) is 0 Å². The zero-order valence-corrected chi connectivity index (χ0v) is 9.39. The standard InChI is InChI=1S/C11H17N3O2/c1-16-11-9(13-6-7-14-11)10(15)8-4-2-3-5-12-8/h6-8,10,12,15H,2-5H2,1H3. The largest absolute Gasteiger partial charge is 0.480 e. The summed E-state index contributed by atoms with van der Waals surface area (Å²) in [6.45, 7) is 0.949. The highest BCUT2D eigenvalue weighted by atomic mass is 16.5. The van der Waals surface area contributed by atoms with Gasteiger partial charge in [-0.3, -0.25) is 4.98 Å². The Bertz CT molecular complexity index is 340. The molecule has 2 heterocycles. The lowest BCUT2D eigenvalue weighted by molar-refractivity contribution is 0.106. The number of rotatable bonds is 3. The van der Waals surface area contributed by atoms with Gasteiger partial charge in [-0.2, -0.15) is 0 Å². The van der Waals surface area contributed by atoms with E-state index in [1.54, 1.807) is 12.4 Å². The van der Waals surface area contributed by atoms with Crippen LogP contribution in [0.25, 0.3) is 0 Å². The highest BCUT2D eigenvalue weighted by Crippen LogP contribution is 2.26. The van der Waals surface area contributed by atoms with Crippen LogP contribution in [0.5, 0.6) is 5.88 Å². The summed E-state index contributed by atoms with van der Waals surface area (Å²) in [6.07, 6.45) is 5.75. The van der Waals surface area contributed by atoms with Gasteiger partial charge >= 0.3 is 0 Å². The van der Waals surface area contributed by atoms with Gasteiger partial charge in [0.05, 0.1) is 7.11 Å². The van der Waals surface area contributed by atoms with E-state index in [9.17, 15) is 5.11 Å². The maximum atomic E-state index is 10.2. The van der Waals surface area contributed by atoms with Crippen molar-refractivity contribution in [3.63, 3.8) is 0 Å². The first-order chi connectivity index (χ1) is 7.83. The summed E-state index contributed by atoms with van der Waals surface area (Å²) < 4.78 is 5.10. The predicted molar refractivity (Wildman–Crippen MR) is 59.2 cm³/mol. The lowest BCUT2D eigenvalue weighted by Crippen LogP contribution is -2.39. The van der Waals surface area contributed by atoms with Gasteiger partial charge in [-0.1, -0.05) is 6.42 Å². The maximum Gasteiger partial charge on any atom is 0.238 e. The third-order valence-corrected chi connectivity index (χ3v) is 2.89. The minimum absolute atomic E-state index is 0.0550. The van der Waals surface area contributed by atoms with Crippen LogP contribution in [0.15, 0.2) is 12.4 Å². The zero-order valence-electron chi connectivity index (χ0n) is 9.39. The van der Waals surface area contributed by atoms with Crippen LogP contribution in [-0.4, -0.2) is 34.8 Å². The Morgan fingerprint density at radius 3 is 2.94 bits per heavy atom. The molecule has 2 atom stereocenters. The first-order valence-electron chi connectivity index (χ1n) is 5.59. The molecule has 0 aliphatic carbocycles. The van der Waals surface area contributed by atoms with Crippen LogP contribution in [0.1, 0.15) is 31.1 Å². The van der Waals surface area contributed by atoms with Crippen LogP contribution >= 0.6 is 0 Å². The van der Waals surface area contributed by atoms with E-state index in [1.165, 1.54) is 13.5 Å². The molecule has 1 aromatic rings. The van der Waals surface area contributed by atoms with Crippen molar-refractivity contribution in [2.24, 2.45) is 0 Å². The van der Waals surface area contributed by atoms with Crippen molar-refractivity contribution >= 4 is 0 Å². The van der Waals surface area contributed by atoms with Gasteiger partial charge in [-0.05, 0) is 19.4 Å². The molecule has 2 N–H and O–H groups in total. The molecule has 0 saturated carbocycles. The second kappa shape index (κ2) is 5.23. The molecular weight excluding hydrogens is 206 g/mol. The van der Waals surface area contributed by atoms with E-state index in [1.807, 2.05) is 0 Å². The molecule has 1 aliphatic heterocycles. The smallest absolute Gasteiger partial charge is 0.238 e. The van der Waals surface area contributed by atoms with Crippen molar-refractivity contribution in [1.82, 2.24) is 15.3 Å². The third-order valence-electron chi connectivity index (χ3n) is 2.89. The summed E-state index contributed by atoms with van der Waals surface area (Å²) in [5.74, 6) is 0.405. The number of nitrogens with one attached hydrogen (secondary N) is 1. The number of nitrogens with zero attached hydrogens (tertiary/aromatic N) is 2. The molecular formula is C11H17N3O2. The molecule has 16 heavy (non-hydrogen) atoms. The quantitative estimate of drug-likeness (QED) is 0.788. The molecule has 2 unspecified atom stereocenters. The maximum absolute atomic E-state index is 10.2. The molecule has 5 nitrogen and oxygen atoms in total. The summed E-state index contributed by atoms with van der Waals surface area (Å²) in [7, 11) is 1.54. The summed E-state index contributed by atoms with van der Waals surface area (Å²) in [6, 6.07) is 0.0550. The molecule has 0 bridgehead atoms. The van der Waals surface area contributed by atoms with Crippen LogP contribution in [0, 0.1) is 0 Å². The Hall–Kier alpha value is -1.20. The highest BCUT2D eigenvalue weighted by Gasteiger charge is 2.26.